The van der Waals surface area contributed by atoms with Crippen molar-refractivity contribution in [3.63, 3.8) is 0 Å². The summed E-state index contributed by atoms with van der Waals surface area (Å²) in [6, 6.07) is 8.04. The maximum Gasteiger partial charge on any atom is 0.410 e. The Kier molecular flexibility index (Phi) is 4.76. The van der Waals surface area contributed by atoms with Crippen molar-refractivity contribution in [2.45, 2.75) is 39.7 Å². The molecule has 0 bridgehead atoms. The molecule has 1 atom stereocenters. The molecule has 1 amide bonds. The van der Waals surface area contributed by atoms with Gasteiger partial charge in [0.2, 0.25) is 0 Å². The van der Waals surface area contributed by atoms with Crippen LogP contribution in [0.15, 0.2) is 24.3 Å². The third-order valence-electron chi connectivity index (χ3n) is 3.44. The van der Waals surface area contributed by atoms with Gasteiger partial charge >= 0.3 is 6.09 Å². The number of hydrogen-bond acceptors (Lipinski definition) is 3. The Balaban J connectivity index is 1.77. The summed E-state index contributed by atoms with van der Waals surface area (Å²) in [6.07, 6.45) is 0.741. The lowest BCUT2D eigenvalue weighted by atomic mass is 10.1. The number of ether oxygens (including phenoxy) is 2. The van der Waals surface area contributed by atoms with E-state index in [1.165, 1.54) is 5.56 Å². The number of rotatable bonds is 3. The van der Waals surface area contributed by atoms with Gasteiger partial charge in [-0.2, -0.15) is 0 Å². The molecule has 21 heavy (non-hydrogen) atoms. The van der Waals surface area contributed by atoms with E-state index < -0.39 is 5.60 Å². The van der Waals surface area contributed by atoms with Gasteiger partial charge in [-0.3, -0.25) is 0 Å². The van der Waals surface area contributed by atoms with Gasteiger partial charge in [0, 0.05) is 19.0 Å². The van der Waals surface area contributed by atoms with Crippen molar-refractivity contribution in [3.05, 3.63) is 29.8 Å². The zero-order valence-electron chi connectivity index (χ0n) is 13.4. The lowest BCUT2D eigenvalue weighted by Crippen LogP contribution is -2.35. The van der Waals surface area contributed by atoms with Gasteiger partial charge in [-0.15, -0.1) is 0 Å². The molecule has 0 radical (unpaired) electrons. The molecule has 0 aliphatic carbocycles. The van der Waals surface area contributed by atoms with E-state index >= 15 is 0 Å². The van der Waals surface area contributed by atoms with Crippen LogP contribution in [0, 0.1) is 12.8 Å². The topological polar surface area (TPSA) is 38.8 Å². The number of hydrogen-bond donors (Lipinski definition) is 0. The van der Waals surface area contributed by atoms with E-state index in [0.717, 1.165) is 18.7 Å². The second-order valence-electron chi connectivity index (χ2n) is 6.71. The number of amides is 1. The predicted octanol–water partition coefficient (Wildman–Crippen LogP) is 3.63. The smallest absolute Gasteiger partial charge is 0.410 e. The number of benzene rings is 1. The SMILES string of the molecule is Cc1ccc(OC[C@@H]2CCN(C(=O)OC(C)(C)C)C2)cc1. The Bertz CT molecular complexity index is 476. The Morgan fingerprint density at radius 1 is 1.29 bits per heavy atom. The first kappa shape index (κ1) is 15.7. The number of nitrogens with zero attached hydrogens (tertiary/aromatic N) is 1. The van der Waals surface area contributed by atoms with Gasteiger partial charge in [-0.25, -0.2) is 4.79 Å². The van der Waals surface area contributed by atoms with Crippen LogP contribution in [-0.2, 0) is 4.74 Å². The van der Waals surface area contributed by atoms with E-state index in [1.807, 2.05) is 45.0 Å². The maximum absolute atomic E-state index is 12.0. The molecule has 1 aliphatic heterocycles. The molecule has 4 heteroatoms. The molecule has 1 fully saturated rings. The number of carbonyl (C=O) groups excluding carboxylic acids is 1. The highest BCUT2D eigenvalue weighted by atomic mass is 16.6. The third-order valence-corrected chi connectivity index (χ3v) is 3.44. The molecular formula is C17H25NO3. The molecule has 1 aromatic carbocycles. The van der Waals surface area contributed by atoms with Gasteiger partial charge < -0.3 is 14.4 Å². The molecule has 0 spiro atoms. The Labute approximate surface area is 127 Å². The first-order chi connectivity index (χ1) is 9.83. The molecule has 0 saturated carbocycles. The van der Waals surface area contributed by atoms with Gasteiger partial charge in [0.15, 0.2) is 0 Å². The van der Waals surface area contributed by atoms with Gasteiger partial charge in [0.05, 0.1) is 6.61 Å². The standard InChI is InChI=1S/C17H25NO3/c1-13-5-7-15(8-6-13)20-12-14-9-10-18(11-14)16(19)21-17(2,3)4/h5-8,14H,9-12H2,1-4H3/t14-/m1/s1. The molecule has 2 rings (SSSR count). The largest absolute Gasteiger partial charge is 0.493 e. The third kappa shape index (κ3) is 4.96. The Morgan fingerprint density at radius 3 is 2.57 bits per heavy atom. The molecule has 1 aromatic rings. The van der Waals surface area contributed by atoms with Crippen LogP contribution in [0.4, 0.5) is 4.79 Å². The normalized spacial score (nSPS) is 18.7. The molecule has 1 saturated heterocycles. The predicted molar refractivity (Wildman–Crippen MR) is 82.6 cm³/mol. The van der Waals surface area contributed by atoms with Gasteiger partial charge in [-0.1, -0.05) is 17.7 Å². The summed E-state index contributed by atoms with van der Waals surface area (Å²) < 4.78 is 11.2. The van der Waals surface area contributed by atoms with Crippen LogP contribution in [0.5, 0.6) is 5.75 Å². The number of likely N-dealkylation sites (tertiary alicyclic amines) is 1. The Morgan fingerprint density at radius 2 is 1.95 bits per heavy atom. The van der Waals surface area contributed by atoms with Crippen LogP contribution in [0.1, 0.15) is 32.8 Å². The molecular weight excluding hydrogens is 266 g/mol. The number of aryl methyl sites for hydroxylation is 1. The van der Waals surface area contributed by atoms with Crippen molar-refractivity contribution >= 4 is 6.09 Å². The molecule has 0 N–H and O–H groups in total. The Hall–Kier alpha value is -1.71. The minimum Gasteiger partial charge on any atom is -0.493 e. The lowest BCUT2D eigenvalue weighted by molar-refractivity contribution is 0.0285. The van der Waals surface area contributed by atoms with E-state index in [4.69, 9.17) is 9.47 Å². The van der Waals surface area contributed by atoms with Crippen molar-refractivity contribution in [1.29, 1.82) is 0 Å². The fourth-order valence-corrected chi connectivity index (χ4v) is 2.31. The van der Waals surface area contributed by atoms with Crippen molar-refractivity contribution in [3.8, 4) is 5.75 Å². The summed E-state index contributed by atoms with van der Waals surface area (Å²) in [5.41, 5.74) is 0.785. The van der Waals surface area contributed by atoms with Crippen LogP contribution >= 0.6 is 0 Å². The first-order valence-corrected chi connectivity index (χ1v) is 7.51. The van der Waals surface area contributed by atoms with Crippen molar-refractivity contribution in [2.75, 3.05) is 19.7 Å². The average molecular weight is 291 g/mol. The van der Waals surface area contributed by atoms with Crippen LogP contribution in [0.3, 0.4) is 0 Å². The monoisotopic (exact) mass is 291 g/mol. The highest BCUT2D eigenvalue weighted by molar-refractivity contribution is 5.68. The van der Waals surface area contributed by atoms with E-state index in [1.54, 1.807) is 4.90 Å². The summed E-state index contributed by atoms with van der Waals surface area (Å²) in [7, 11) is 0. The minimum absolute atomic E-state index is 0.222. The van der Waals surface area contributed by atoms with Gasteiger partial charge in [0.1, 0.15) is 11.4 Å². The maximum atomic E-state index is 12.0. The van der Waals surface area contributed by atoms with Crippen LogP contribution in [0.25, 0.3) is 0 Å². The van der Waals surface area contributed by atoms with E-state index in [0.29, 0.717) is 19.1 Å². The van der Waals surface area contributed by atoms with Crippen LogP contribution < -0.4 is 4.74 Å². The second kappa shape index (κ2) is 6.37. The van der Waals surface area contributed by atoms with E-state index in [-0.39, 0.29) is 6.09 Å². The highest BCUT2D eigenvalue weighted by Crippen LogP contribution is 2.21. The average Bonchev–Trinajstić information content (AvgIpc) is 2.85. The summed E-state index contributed by atoms with van der Waals surface area (Å²) in [4.78, 5) is 13.8. The summed E-state index contributed by atoms with van der Waals surface area (Å²) in [5.74, 6) is 1.26. The van der Waals surface area contributed by atoms with Crippen molar-refractivity contribution in [1.82, 2.24) is 4.90 Å². The summed E-state index contributed by atoms with van der Waals surface area (Å²) in [5, 5.41) is 0. The summed E-state index contributed by atoms with van der Waals surface area (Å²) in [6.45, 7) is 9.82. The molecule has 4 nitrogen and oxygen atoms in total. The fraction of sp³-hybridized carbons (Fsp3) is 0.588. The lowest BCUT2D eigenvalue weighted by Gasteiger charge is -2.24. The van der Waals surface area contributed by atoms with Crippen LogP contribution in [0.2, 0.25) is 0 Å². The molecule has 1 heterocycles. The molecule has 0 unspecified atom stereocenters. The quantitative estimate of drug-likeness (QED) is 0.853. The number of carbonyl (C=O) groups is 1. The first-order valence-electron chi connectivity index (χ1n) is 7.51. The fourth-order valence-electron chi connectivity index (χ4n) is 2.31. The minimum atomic E-state index is -0.437. The zero-order chi connectivity index (χ0) is 15.5. The van der Waals surface area contributed by atoms with Crippen LogP contribution in [-0.4, -0.2) is 36.3 Å². The molecule has 0 aromatic heterocycles. The van der Waals surface area contributed by atoms with E-state index in [2.05, 4.69) is 6.92 Å². The zero-order valence-corrected chi connectivity index (χ0v) is 13.4. The van der Waals surface area contributed by atoms with Crippen molar-refractivity contribution in [2.24, 2.45) is 5.92 Å². The van der Waals surface area contributed by atoms with Gasteiger partial charge in [-0.05, 0) is 46.2 Å². The summed E-state index contributed by atoms with van der Waals surface area (Å²) >= 11 is 0. The molecule has 116 valence electrons. The van der Waals surface area contributed by atoms with Crippen molar-refractivity contribution < 1.29 is 14.3 Å². The highest BCUT2D eigenvalue weighted by Gasteiger charge is 2.29. The van der Waals surface area contributed by atoms with E-state index in [9.17, 15) is 4.79 Å². The van der Waals surface area contributed by atoms with Gasteiger partial charge in [0.25, 0.3) is 0 Å². The molecule has 1 aliphatic rings. The second-order valence-corrected chi connectivity index (χ2v) is 6.71.